The second kappa shape index (κ2) is 6.18. The smallest absolute Gasteiger partial charge is 0.246 e. The minimum absolute atomic E-state index is 0.00719. The van der Waals surface area contributed by atoms with Crippen LogP contribution in [0.5, 0.6) is 0 Å². The summed E-state index contributed by atoms with van der Waals surface area (Å²) in [5.74, 6) is 0. The Kier molecular flexibility index (Phi) is 5.71. The molecule has 1 heterocycles. The van der Waals surface area contributed by atoms with E-state index in [-0.39, 0.29) is 15.8 Å². The van der Waals surface area contributed by atoms with Gasteiger partial charge in [0.05, 0.1) is 11.1 Å². The molecular formula is C8H10BrCl2NO3S2. The van der Waals surface area contributed by atoms with E-state index in [0.29, 0.717) is 15.4 Å². The van der Waals surface area contributed by atoms with Crippen LogP contribution < -0.4 is 0 Å². The molecule has 0 bridgehead atoms. The number of halogens is 3. The minimum atomic E-state index is -3.65. The molecule has 98 valence electrons. The van der Waals surface area contributed by atoms with E-state index in [1.54, 1.807) is 0 Å². The maximum absolute atomic E-state index is 12.2. The van der Waals surface area contributed by atoms with E-state index in [2.05, 4.69) is 15.9 Å². The third kappa shape index (κ3) is 3.34. The van der Waals surface area contributed by atoms with Gasteiger partial charge < -0.3 is 4.74 Å². The van der Waals surface area contributed by atoms with Crippen LogP contribution in [0.1, 0.15) is 0 Å². The van der Waals surface area contributed by atoms with Gasteiger partial charge in [-0.3, -0.25) is 0 Å². The molecule has 0 unspecified atom stereocenters. The van der Waals surface area contributed by atoms with Gasteiger partial charge in [0.1, 0.15) is 13.6 Å². The molecule has 0 N–H and O–H groups in total. The van der Waals surface area contributed by atoms with E-state index < -0.39 is 10.0 Å². The molecule has 17 heavy (non-hydrogen) atoms. The van der Waals surface area contributed by atoms with Crippen molar-refractivity contribution in [1.29, 1.82) is 0 Å². The zero-order valence-electron chi connectivity index (χ0n) is 9.04. The molecule has 0 aliphatic rings. The summed E-state index contributed by atoms with van der Waals surface area (Å²) in [6.45, 7) is 0.553. The quantitative estimate of drug-likeness (QED) is 0.785. The van der Waals surface area contributed by atoms with E-state index in [1.165, 1.54) is 18.5 Å². The maximum atomic E-state index is 12.2. The Morgan fingerprint density at radius 3 is 2.41 bits per heavy atom. The zero-order chi connectivity index (χ0) is 13.2. The summed E-state index contributed by atoms with van der Waals surface area (Å²) in [5, 5.41) is 0. The first-order valence-corrected chi connectivity index (χ1v) is 8.21. The summed E-state index contributed by atoms with van der Waals surface area (Å²) in [4.78, 5) is 0.00719. The average Bonchev–Trinajstić information content (AvgIpc) is 2.49. The Morgan fingerprint density at radius 1 is 1.41 bits per heavy atom. The van der Waals surface area contributed by atoms with Gasteiger partial charge in [-0.15, -0.1) is 11.3 Å². The fourth-order valence-corrected chi connectivity index (χ4v) is 5.68. The lowest BCUT2D eigenvalue weighted by molar-refractivity contribution is 0.185. The van der Waals surface area contributed by atoms with Gasteiger partial charge in [-0.2, -0.15) is 4.31 Å². The van der Waals surface area contributed by atoms with Gasteiger partial charge in [0, 0.05) is 20.7 Å². The molecule has 0 amide bonds. The standard InChI is InChI=1S/C8H10BrCl2NO3S2/c1-12(3-4-15-2)17(13,14)6-5(9)7(10)16-8(6)11/h3-4H2,1-2H3. The molecule has 0 aliphatic carbocycles. The third-order valence-electron chi connectivity index (χ3n) is 2.01. The number of rotatable bonds is 5. The molecule has 0 saturated heterocycles. The lowest BCUT2D eigenvalue weighted by Crippen LogP contribution is -2.30. The first-order chi connectivity index (χ1) is 7.82. The molecule has 0 saturated carbocycles. The van der Waals surface area contributed by atoms with Crippen LogP contribution in [0.15, 0.2) is 9.37 Å². The minimum Gasteiger partial charge on any atom is -0.383 e. The molecule has 4 nitrogen and oxygen atoms in total. The fourth-order valence-electron chi connectivity index (χ4n) is 1.06. The summed E-state index contributed by atoms with van der Waals surface area (Å²) in [5.41, 5.74) is 0. The van der Waals surface area contributed by atoms with Gasteiger partial charge in [0.25, 0.3) is 0 Å². The van der Waals surface area contributed by atoms with Crippen molar-refractivity contribution >= 4 is 60.5 Å². The largest absolute Gasteiger partial charge is 0.383 e. The molecule has 1 rings (SSSR count). The van der Waals surface area contributed by atoms with Crippen LogP contribution in [0, 0.1) is 0 Å². The Morgan fingerprint density at radius 2 is 2.00 bits per heavy atom. The lowest BCUT2D eigenvalue weighted by atomic mass is 10.7. The Labute approximate surface area is 123 Å². The maximum Gasteiger partial charge on any atom is 0.246 e. The second-order valence-corrected chi connectivity index (χ2v) is 8.11. The second-order valence-electron chi connectivity index (χ2n) is 3.11. The van der Waals surface area contributed by atoms with Gasteiger partial charge in [-0.1, -0.05) is 23.2 Å². The van der Waals surface area contributed by atoms with Crippen molar-refractivity contribution in [3.63, 3.8) is 0 Å². The van der Waals surface area contributed by atoms with E-state index >= 15 is 0 Å². The van der Waals surface area contributed by atoms with Gasteiger partial charge in [-0.25, -0.2) is 8.42 Å². The van der Waals surface area contributed by atoms with Crippen LogP contribution in [-0.4, -0.2) is 40.0 Å². The van der Waals surface area contributed by atoms with Crippen LogP contribution in [0.4, 0.5) is 0 Å². The Hall–Kier alpha value is 0.630. The number of sulfonamides is 1. The molecule has 1 aromatic rings. The molecule has 9 heteroatoms. The van der Waals surface area contributed by atoms with Crippen molar-refractivity contribution in [3.05, 3.63) is 13.1 Å². The van der Waals surface area contributed by atoms with Crippen molar-refractivity contribution in [2.24, 2.45) is 0 Å². The summed E-state index contributed by atoms with van der Waals surface area (Å²) in [6, 6.07) is 0. The highest BCUT2D eigenvalue weighted by Crippen LogP contribution is 2.43. The van der Waals surface area contributed by atoms with E-state index in [9.17, 15) is 8.42 Å². The number of thiophene rings is 1. The van der Waals surface area contributed by atoms with E-state index in [0.717, 1.165) is 11.3 Å². The summed E-state index contributed by atoms with van der Waals surface area (Å²) >= 11 is 15.9. The van der Waals surface area contributed by atoms with Gasteiger partial charge in [0.15, 0.2) is 0 Å². The number of likely N-dealkylation sites (N-methyl/N-ethyl adjacent to an activating group) is 1. The Bertz CT molecular complexity index is 503. The predicted molar refractivity (Wildman–Crippen MR) is 73.7 cm³/mol. The van der Waals surface area contributed by atoms with Crippen molar-refractivity contribution in [3.8, 4) is 0 Å². The van der Waals surface area contributed by atoms with Gasteiger partial charge in [0.2, 0.25) is 10.0 Å². The normalized spacial score (nSPS) is 12.4. The summed E-state index contributed by atoms with van der Waals surface area (Å²) < 4.78 is 31.2. The topological polar surface area (TPSA) is 46.6 Å². The van der Waals surface area contributed by atoms with E-state index in [1.807, 2.05) is 0 Å². The van der Waals surface area contributed by atoms with Gasteiger partial charge in [-0.05, 0) is 15.9 Å². The molecule has 0 aromatic carbocycles. The molecule has 0 fully saturated rings. The highest BCUT2D eigenvalue weighted by atomic mass is 79.9. The first-order valence-electron chi connectivity index (χ1n) is 4.41. The van der Waals surface area contributed by atoms with Crippen LogP contribution in [-0.2, 0) is 14.8 Å². The first kappa shape index (κ1) is 15.7. The fraction of sp³-hybridized carbons (Fsp3) is 0.500. The molecule has 0 spiro atoms. The van der Waals surface area contributed by atoms with E-state index in [4.69, 9.17) is 27.9 Å². The third-order valence-corrected chi connectivity index (χ3v) is 7.33. The highest BCUT2D eigenvalue weighted by Gasteiger charge is 2.29. The molecule has 0 atom stereocenters. The van der Waals surface area contributed by atoms with Crippen LogP contribution in [0.2, 0.25) is 8.67 Å². The van der Waals surface area contributed by atoms with Crippen molar-refractivity contribution in [1.82, 2.24) is 4.31 Å². The summed E-state index contributed by atoms with van der Waals surface area (Å²) in [6.07, 6.45) is 0. The Balaban J connectivity index is 3.13. The zero-order valence-corrected chi connectivity index (χ0v) is 13.8. The number of methoxy groups -OCH3 is 1. The van der Waals surface area contributed by atoms with Crippen molar-refractivity contribution in [2.45, 2.75) is 4.90 Å². The number of hydrogen-bond donors (Lipinski definition) is 0. The molecular weight excluding hydrogens is 373 g/mol. The lowest BCUT2D eigenvalue weighted by Gasteiger charge is -2.16. The average molecular weight is 383 g/mol. The van der Waals surface area contributed by atoms with Crippen LogP contribution in [0.25, 0.3) is 0 Å². The number of hydrogen-bond acceptors (Lipinski definition) is 4. The van der Waals surface area contributed by atoms with Crippen LogP contribution >= 0.6 is 50.5 Å². The number of ether oxygens (including phenoxy) is 1. The molecule has 0 aliphatic heterocycles. The van der Waals surface area contributed by atoms with Gasteiger partial charge >= 0.3 is 0 Å². The highest BCUT2D eigenvalue weighted by molar-refractivity contribution is 9.10. The van der Waals surface area contributed by atoms with Crippen molar-refractivity contribution in [2.75, 3.05) is 27.3 Å². The molecule has 0 radical (unpaired) electrons. The number of nitrogens with zero attached hydrogens (tertiary/aromatic N) is 1. The van der Waals surface area contributed by atoms with Crippen LogP contribution in [0.3, 0.4) is 0 Å². The molecule has 1 aromatic heterocycles. The predicted octanol–water partition coefficient (Wildman–Crippen LogP) is 3.08. The SMILES string of the molecule is COCCN(C)S(=O)(=O)c1c(Cl)sc(Cl)c1Br. The van der Waals surface area contributed by atoms with Crippen molar-refractivity contribution < 1.29 is 13.2 Å². The summed E-state index contributed by atoms with van der Waals surface area (Å²) in [7, 11) is -0.685. The monoisotopic (exact) mass is 381 g/mol.